The third-order valence-corrected chi connectivity index (χ3v) is 13.2. The Kier molecular flexibility index (Phi) is 53.1. The fourth-order valence-corrected chi connectivity index (χ4v) is 8.40. The molecule has 0 aromatic heterocycles. The summed E-state index contributed by atoms with van der Waals surface area (Å²) in [6.45, 7) is 4.10. The molecule has 2 unspecified atom stereocenters. The number of quaternary nitrogens is 1. The van der Waals surface area contributed by atoms with Gasteiger partial charge in [0.1, 0.15) is 19.8 Å². The highest BCUT2D eigenvalue weighted by molar-refractivity contribution is 7.47. The number of hydrogen-bond acceptors (Lipinski definition) is 7. The van der Waals surface area contributed by atoms with Gasteiger partial charge in [-0.2, -0.15) is 0 Å². The van der Waals surface area contributed by atoms with Crippen molar-refractivity contribution in [3.05, 3.63) is 134 Å². The van der Waals surface area contributed by atoms with E-state index in [1.807, 2.05) is 33.3 Å². The predicted molar refractivity (Wildman–Crippen MR) is 325 cm³/mol. The molecule has 9 nitrogen and oxygen atoms in total. The first-order valence-corrected chi connectivity index (χ1v) is 31.4. The Morgan fingerprint density at radius 2 is 0.737 bits per heavy atom. The van der Waals surface area contributed by atoms with Crippen molar-refractivity contribution in [1.29, 1.82) is 0 Å². The van der Waals surface area contributed by atoms with Gasteiger partial charge >= 0.3 is 19.8 Å². The summed E-state index contributed by atoms with van der Waals surface area (Å²) in [4.78, 5) is 35.5. The molecule has 0 aromatic rings. The van der Waals surface area contributed by atoms with Crippen LogP contribution in [0.3, 0.4) is 0 Å². The van der Waals surface area contributed by atoms with Crippen molar-refractivity contribution in [2.75, 3.05) is 47.5 Å². The van der Waals surface area contributed by atoms with Crippen molar-refractivity contribution in [2.24, 2.45) is 0 Å². The van der Waals surface area contributed by atoms with Gasteiger partial charge < -0.3 is 18.9 Å². The second kappa shape index (κ2) is 55.9. The van der Waals surface area contributed by atoms with Crippen LogP contribution in [0.2, 0.25) is 0 Å². The van der Waals surface area contributed by atoms with E-state index in [1.165, 1.54) is 89.9 Å². The zero-order valence-corrected chi connectivity index (χ0v) is 49.8. The zero-order valence-electron chi connectivity index (χ0n) is 48.9. The van der Waals surface area contributed by atoms with Gasteiger partial charge in [-0.1, -0.05) is 244 Å². The number of allylic oxidation sites excluding steroid dienone is 22. The molecule has 432 valence electrons. The largest absolute Gasteiger partial charge is 0.472 e. The number of likely N-dealkylation sites (N-methyl/N-ethyl adjacent to an activating group) is 1. The number of rotatable bonds is 53. The summed E-state index contributed by atoms with van der Waals surface area (Å²) in [5, 5.41) is 0. The highest BCUT2D eigenvalue weighted by Gasteiger charge is 2.27. The standard InChI is InChI=1S/C66H110NO8P/c1-6-8-10-12-14-16-18-20-21-22-23-24-25-26-27-28-29-30-31-32-33-34-35-36-37-38-39-40-41-42-43-44-45-47-49-51-53-55-57-59-66(69)75-64(63-74-76(70,71)73-61-60-67(3,4)5)62-72-65(68)58-56-54-52-50-48-46-19-17-15-13-11-9-7-2/h8-11,14-17,20-21,23-24,26-27,29-30,32-33,46,48,52,54,64H,6-7,12-13,18-19,22,25,28,31,34-45,47,49-51,53,55-63H2,1-5H3/p+1/b10-8-,11-9-,16-14-,17-15-,21-20-,24-23-,27-26-,30-29-,33-32-,48-46-,54-52-. The van der Waals surface area contributed by atoms with E-state index in [0.717, 1.165) is 89.9 Å². The van der Waals surface area contributed by atoms with Crippen molar-refractivity contribution in [3.8, 4) is 0 Å². The topological polar surface area (TPSA) is 108 Å². The van der Waals surface area contributed by atoms with Gasteiger partial charge in [0.25, 0.3) is 0 Å². The second-order valence-corrected chi connectivity index (χ2v) is 22.1. The van der Waals surface area contributed by atoms with Gasteiger partial charge in [-0.25, -0.2) is 4.57 Å². The highest BCUT2D eigenvalue weighted by Crippen LogP contribution is 2.43. The van der Waals surface area contributed by atoms with E-state index in [2.05, 4.69) is 135 Å². The number of nitrogens with zero attached hydrogens (tertiary/aromatic N) is 1. The lowest BCUT2D eigenvalue weighted by Gasteiger charge is -2.24. The Morgan fingerprint density at radius 3 is 1.11 bits per heavy atom. The van der Waals surface area contributed by atoms with Gasteiger partial charge in [0.2, 0.25) is 0 Å². The first-order valence-electron chi connectivity index (χ1n) is 29.9. The van der Waals surface area contributed by atoms with Gasteiger partial charge in [0.15, 0.2) is 6.10 Å². The predicted octanol–water partition coefficient (Wildman–Crippen LogP) is 18.9. The van der Waals surface area contributed by atoms with Crippen LogP contribution in [0.25, 0.3) is 0 Å². The number of unbranched alkanes of at least 4 members (excludes halogenated alkanes) is 17. The number of hydrogen-bond donors (Lipinski definition) is 1. The SMILES string of the molecule is CC/C=C\C/C=C\C/C=C\C/C=C\C/C=C\C/C=C\C/C=C\CCCCCCCCCCCCCCCCCCCC(=O)OC(COC(=O)CC/C=C\C/C=C\C/C=C\C/C=C\CC)COP(=O)(O)OCC[N+](C)(C)C. The number of carbonyl (C=O) groups excluding carboxylic acids is 2. The van der Waals surface area contributed by atoms with Crippen molar-refractivity contribution in [3.63, 3.8) is 0 Å². The van der Waals surface area contributed by atoms with Gasteiger partial charge in [-0.15, -0.1) is 0 Å². The highest BCUT2D eigenvalue weighted by atomic mass is 31.2. The summed E-state index contributed by atoms with van der Waals surface area (Å²) < 4.78 is 34.4. The maximum Gasteiger partial charge on any atom is 0.472 e. The summed E-state index contributed by atoms with van der Waals surface area (Å²) in [6, 6.07) is 0. The Morgan fingerprint density at radius 1 is 0.408 bits per heavy atom. The Bertz CT molecular complexity index is 1740. The molecule has 0 saturated carbocycles. The molecular formula is C66H111NO8P+. The van der Waals surface area contributed by atoms with Crippen LogP contribution in [-0.4, -0.2) is 74.9 Å². The van der Waals surface area contributed by atoms with Crippen molar-refractivity contribution >= 4 is 19.8 Å². The van der Waals surface area contributed by atoms with Crippen LogP contribution in [0.5, 0.6) is 0 Å². The third kappa shape index (κ3) is 59.4. The van der Waals surface area contributed by atoms with Crippen molar-refractivity contribution in [2.45, 2.75) is 225 Å². The Labute approximate surface area is 466 Å². The van der Waals surface area contributed by atoms with Crippen LogP contribution in [0.1, 0.15) is 219 Å². The molecule has 0 spiro atoms. The van der Waals surface area contributed by atoms with Crippen molar-refractivity contribution < 1.29 is 42.1 Å². The van der Waals surface area contributed by atoms with E-state index in [9.17, 15) is 19.0 Å². The van der Waals surface area contributed by atoms with E-state index in [1.54, 1.807) is 0 Å². The molecule has 0 aromatic carbocycles. The molecule has 0 fully saturated rings. The average molecular weight is 1080 g/mol. The molecule has 0 amide bonds. The number of phosphoric ester groups is 1. The molecule has 0 aliphatic heterocycles. The van der Waals surface area contributed by atoms with Crippen LogP contribution in [-0.2, 0) is 32.7 Å². The molecule has 0 saturated heterocycles. The van der Waals surface area contributed by atoms with Crippen LogP contribution in [0.4, 0.5) is 0 Å². The number of ether oxygens (including phenoxy) is 2. The minimum atomic E-state index is -4.40. The van der Waals surface area contributed by atoms with Gasteiger partial charge in [-0.3, -0.25) is 18.6 Å². The maximum atomic E-state index is 12.8. The molecule has 0 aliphatic carbocycles. The number of esters is 2. The second-order valence-electron chi connectivity index (χ2n) is 20.6. The summed E-state index contributed by atoms with van der Waals surface area (Å²) in [7, 11) is 1.43. The lowest BCUT2D eigenvalue weighted by atomic mass is 10.0. The van der Waals surface area contributed by atoms with E-state index in [4.69, 9.17) is 18.5 Å². The minimum absolute atomic E-state index is 0.0162. The molecule has 76 heavy (non-hydrogen) atoms. The van der Waals surface area contributed by atoms with E-state index < -0.39 is 32.5 Å². The zero-order chi connectivity index (χ0) is 55.6. The van der Waals surface area contributed by atoms with Crippen LogP contribution < -0.4 is 0 Å². The molecule has 0 bridgehead atoms. The van der Waals surface area contributed by atoms with Gasteiger partial charge in [0, 0.05) is 12.8 Å². The summed E-state index contributed by atoms with van der Waals surface area (Å²) in [5.41, 5.74) is 0. The molecule has 1 N–H and O–H groups in total. The molecular weight excluding hydrogens is 966 g/mol. The number of phosphoric acid groups is 1. The molecule has 2 atom stereocenters. The minimum Gasteiger partial charge on any atom is -0.462 e. The lowest BCUT2D eigenvalue weighted by molar-refractivity contribution is -0.870. The monoisotopic (exact) mass is 1080 g/mol. The van der Waals surface area contributed by atoms with Crippen LogP contribution in [0, 0.1) is 0 Å². The summed E-state index contributed by atoms with van der Waals surface area (Å²) in [5.74, 6) is -0.897. The smallest absolute Gasteiger partial charge is 0.462 e. The third-order valence-electron chi connectivity index (χ3n) is 12.2. The molecule has 0 heterocycles. The van der Waals surface area contributed by atoms with Gasteiger partial charge in [-0.05, 0) is 96.3 Å². The van der Waals surface area contributed by atoms with E-state index in [-0.39, 0.29) is 26.1 Å². The fraction of sp³-hybridized carbons (Fsp3) is 0.636. The van der Waals surface area contributed by atoms with Crippen LogP contribution in [0.15, 0.2) is 134 Å². The Balaban J connectivity index is 4.02. The number of carbonyl (C=O) groups is 2. The lowest BCUT2D eigenvalue weighted by Crippen LogP contribution is -2.37. The molecule has 0 rings (SSSR count). The average Bonchev–Trinajstić information content (AvgIpc) is 3.38. The first kappa shape index (κ1) is 72.2. The van der Waals surface area contributed by atoms with E-state index >= 15 is 0 Å². The van der Waals surface area contributed by atoms with E-state index in [0.29, 0.717) is 23.9 Å². The maximum absolute atomic E-state index is 12.8. The van der Waals surface area contributed by atoms with Crippen molar-refractivity contribution in [1.82, 2.24) is 0 Å². The molecule has 0 aliphatic rings. The van der Waals surface area contributed by atoms with Gasteiger partial charge in [0.05, 0.1) is 27.7 Å². The molecule has 10 heteroatoms. The molecule has 0 radical (unpaired) electrons. The fourth-order valence-electron chi connectivity index (χ4n) is 7.66. The normalized spacial score (nSPS) is 14.2. The first-order chi connectivity index (χ1) is 37.0. The summed E-state index contributed by atoms with van der Waals surface area (Å²) >= 11 is 0. The Hall–Kier alpha value is -3.85. The quantitative estimate of drug-likeness (QED) is 0.0211. The van der Waals surface area contributed by atoms with Crippen LogP contribution >= 0.6 is 7.82 Å². The summed E-state index contributed by atoms with van der Waals surface area (Å²) in [6.07, 6.45) is 81.4.